The van der Waals surface area contributed by atoms with Crippen LogP contribution in [0.4, 0.5) is 0 Å². The number of para-hydroxylation sites is 1. The van der Waals surface area contributed by atoms with Crippen molar-refractivity contribution in [2.75, 3.05) is 13.1 Å². The van der Waals surface area contributed by atoms with Crippen molar-refractivity contribution >= 4 is 22.8 Å². The zero-order valence-electron chi connectivity index (χ0n) is 12.8. The van der Waals surface area contributed by atoms with Crippen molar-refractivity contribution in [2.24, 2.45) is 0 Å². The fourth-order valence-corrected chi connectivity index (χ4v) is 3.43. The van der Waals surface area contributed by atoms with Crippen molar-refractivity contribution in [3.8, 4) is 0 Å². The summed E-state index contributed by atoms with van der Waals surface area (Å²) in [6.45, 7) is 1.34. The Bertz CT molecular complexity index is 731. The van der Waals surface area contributed by atoms with Gasteiger partial charge in [-0.25, -0.2) is 0 Å². The number of aromatic nitrogens is 1. The summed E-state index contributed by atoms with van der Waals surface area (Å²) in [7, 11) is 0. The lowest BCUT2D eigenvalue weighted by atomic mass is 10.0. The first-order chi connectivity index (χ1) is 11.1. The zero-order valence-corrected chi connectivity index (χ0v) is 12.8. The smallest absolute Gasteiger partial charge is 0.325 e. The maximum atomic E-state index is 11.9. The molecule has 1 aromatic carbocycles. The summed E-state index contributed by atoms with van der Waals surface area (Å²) in [5, 5.41) is 19.7. The number of rotatable bonds is 5. The van der Waals surface area contributed by atoms with Crippen LogP contribution in [-0.2, 0) is 16.1 Å². The number of piperidine rings is 1. The lowest BCUT2D eigenvalue weighted by molar-refractivity contribution is -0.144. The molecule has 1 aliphatic heterocycles. The van der Waals surface area contributed by atoms with Crippen LogP contribution in [0.3, 0.4) is 0 Å². The highest BCUT2D eigenvalue weighted by Crippen LogP contribution is 2.32. The number of hydrogen-bond acceptors (Lipinski definition) is 3. The molecule has 0 unspecified atom stereocenters. The van der Waals surface area contributed by atoms with Crippen molar-refractivity contribution in [3.63, 3.8) is 0 Å². The summed E-state index contributed by atoms with van der Waals surface area (Å²) in [5.74, 6) is -1.83. The second kappa shape index (κ2) is 6.42. The second-order valence-electron chi connectivity index (χ2n) is 5.96. The number of carboxylic acid groups (broad SMARTS) is 2. The Morgan fingerprint density at radius 3 is 2.43 bits per heavy atom. The minimum Gasteiger partial charge on any atom is -0.480 e. The number of nitrogens with zero attached hydrogens (tertiary/aromatic N) is 2. The van der Waals surface area contributed by atoms with E-state index in [2.05, 4.69) is 0 Å². The van der Waals surface area contributed by atoms with Crippen LogP contribution in [0.5, 0.6) is 0 Å². The number of carboxylic acids is 2. The van der Waals surface area contributed by atoms with Crippen LogP contribution in [0.1, 0.15) is 30.9 Å². The highest BCUT2D eigenvalue weighted by Gasteiger charge is 2.31. The van der Waals surface area contributed by atoms with Gasteiger partial charge in [-0.2, -0.15) is 0 Å². The first-order valence-corrected chi connectivity index (χ1v) is 7.84. The third-order valence-electron chi connectivity index (χ3n) is 4.41. The predicted octanol–water partition coefficient (Wildman–Crippen LogP) is 2.34. The summed E-state index contributed by atoms with van der Waals surface area (Å²) in [6, 6.07) is 6.66. The molecule has 1 aromatic heterocycles. The molecule has 2 aromatic rings. The van der Waals surface area contributed by atoms with E-state index in [4.69, 9.17) is 5.11 Å². The topological polar surface area (TPSA) is 82.8 Å². The van der Waals surface area contributed by atoms with Crippen molar-refractivity contribution in [1.29, 1.82) is 0 Å². The number of fused-ring (bicyclic) bond motifs is 1. The zero-order chi connectivity index (χ0) is 16.4. The molecule has 122 valence electrons. The second-order valence-corrected chi connectivity index (χ2v) is 5.96. The van der Waals surface area contributed by atoms with Crippen molar-refractivity contribution in [3.05, 3.63) is 36.0 Å². The van der Waals surface area contributed by atoms with E-state index in [-0.39, 0.29) is 6.54 Å². The molecule has 6 heteroatoms. The van der Waals surface area contributed by atoms with E-state index < -0.39 is 18.0 Å². The van der Waals surface area contributed by atoms with Gasteiger partial charge in [0.1, 0.15) is 12.6 Å². The maximum Gasteiger partial charge on any atom is 0.325 e. The fourth-order valence-electron chi connectivity index (χ4n) is 3.43. The summed E-state index contributed by atoms with van der Waals surface area (Å²) >= 11 is 0. The summed E-state index contributed by atoms with van der Waals surface area (Å²) in [6.07, 6.45) is 4.81. The van der Waals surface area contributed by atoms with E-state index in [0.717, 1.165) is 43.3 Å². The summed E-state index contributed by atoms with van der Waals surface area (Å²) in [4.78, 5) is 25.0. The summed E-state index contributed by atoms with van der Waals surface area (Å²) in [5.41, 5.74) is 1.43. The van der Waals surface area contributed by atoms with Gasteiger partial charge in [0.25, 0.3) is 0 Å². The van der Waals surface area contributed by atoms with Crippen molar-refractivity contribution in [1.82, 2.24) is 9.47 Å². The van der Waals surface area contributed by atoms with Gasteiger partial charge in [-0.1, -0.05) is 24.6 Å². The highest BCUT2D eigenvalue weighted by molar-refractivity contribution is 5.90. The average Bonchev–Trinajstić information content (AvgIpc) is 2.86. The van der Waals surface area contributed by atoms with Gasteiger partial charge in [-0.05, 0) is 32.0 Å². The van der Waals surface area contributed by atoms with Gasteiger partial charge in [-0.15, -0.1) is 0 Å². The van der Waals surface area contributed by atoms with E-state index in [0.29, 0.717) is 5.56 Å². The van der Waals surface area contributed by atoms with Gasteiger partial charge in [0, 0.05) is 22.7 Å². The molecule has 6 nitrogen and oxygen atoms in total. The highest BCUT2D eigenvalue weighted by atomic mass is 16.4. The molecule has 23 heavy (non-hydrogen) atoms. The molecule has 0 amide bonds. The first kappa shape index (κ1) is 15.6. The number of aliphatic carboxylic acids is 2. The Kier molecular flexibility index (Phi) is 4.34. The lowest BCUT2D eigenvalue weighted by Gasteiger charge is -2.31. The average molecular weight is 316 g/mol. The third kappa shape index (κ3) is 3.07. The van der Waals surface area contributed by atoms with Crippen LogP contribution in [0.2, 0.25) is 0 Å². The number of benzene rings is 1. The molecule has 1 saturated heterocycles. The van der Waals surface area contributed by atoms with E-state index >= 15 is 0 Å². The minimum absolute atomic E-state index is 0.174. The molecular weight excluding hydrogens is 296 g/mol. The molecular formula is C17H20N2O4. The van der Waals surface area contributed by atoms with Crippen LogP contribution >= 0.6 is 0 Å². The van der Waals surface area contributed by atoms with Gasteiger partial charge in [0.05, 0.1) is 0 Å². The van der Waals surface area contributed by atoms with Gasteiger partial charge < -0.3 is 14.8 Å². The molecule has 1 fully saturated rings. The predicted molar refractivity (Wildman–Crippen MR) is 85.4 cm³/mol. The molecule has 0 spiro atoms. The lowest BCUT2D eigenvalue weighted by Crippen LogP contribution is -2.37. The standard InChI is InChI=1S/C17H20N2O4/c20-15(21)11-19-10-13(12-6-2-3-7-14(12)19)16(17(22)23)18-8-4-1-5-9-18/h2-3,6-7,10,16H,1,4-5,8-9,11H2,(H,20,21)(H,22,23)/t16-/m0/s1. The number of likely N-dealkylation sites (tertiary alicyclic amines) is 1. The molecule has 0 aliphatic carbocycles. The molecule has 0 radical (unpaired) electrons. The van der Waals surface area contributed by atoms with Gasteiger partial charge in [-0.3, -0.25) is 14.5 Å². The van der Waals surface area contributed by atoms with E-state index in [1.54, 1.807) is 10.8 Å². The van der Waals surface area contributed by atoms with Crippen molar-refractivity contribution in [2.45, 2.75) is 31.8 Å². The molecule has 0 saturated carbocycles. The Balaban J connectivity index is 2.08. The van der Waals surface area contributed by atoms with E-state index in [1.807, 2.05) is 29.2 Å². The molecule has 3 rings (SSSR count). The quantitative estimate of drug-likeness (QED) is 0.884. The Hall–Kier alpha value is -2.34. The Morgan fingerprint density at radius 2 is 1.78 bits per heavy atom. The summed E-state index contributed by atoms with van der Waals surface area (Å²) < 4.78 is 1.62. The van der Waals surface area contributed by atoms with Crippen LogP contribution in [0.15, 0.2) is 30.5 Å². The van der Waals surface area contributed by atoms with Gasteiger partial charge >= 0.3 is 11.9 Å². The molecule has 2 heterocycles. The number of carbonyl (C=O) groups is 2. The van der Waals surface area contributed by atoms with Crippen molar-refractivity contribution < 1.29 is 19.8 Å². The monoisotopic (exact) mass is 316 g/mol. The SMILES string of the molecule is O=C(O)Cn1cc([C@@H](C(=O)O)N2CCCCC2)c2ccccc21. The minimum atomic E-state index is -0.942. The maximum absolute atomic E-state index is 11.9. The molecule has 0 bridgehead atoms. The first-order valence-electron chi connectivity index (χ1n) is 7.84. The van der Waals surface area contributed by atoms with Crippen LogP contribution in [0, 0.1) is 0 Å². The van der Waals surface area contributed by atoms with Crippen LogP contribution < -0.4 is 0 Å². The van der Waals surface area contributed by atoms with Crippen LogP contribution in [-0.4, -0.2) is 44.7 Å². The normalized spacial score (nSPS) is 17.2. The fraction of sp³-hybridized carbons (Fsp3) is 0.412. The van der Waals surface area contributed by atoms with Crippen LogP contribution in [0.25, 0.3) is 10.9 Å². The molecule has 1 atom stereocenters. The number of hydrogen-bond donors (Lipinski definition) is 2. The third-order valence-corrected chi connectivity index (χ3v) is 4.41. The van der Waals surface area contributed by atoms with Gasteiger partial charge in [0.15, 0.2) is 0 Å². The van der Waals surface area contributed by atoms with E-state index in [1.165, 1.54) is 0 Å². The molecule has 1 aliphatic rings. The largest absolute Gasteiger partial charge is 0.480 e. The Labute approximate surface area is 133 Å². The van der Waals surface area contributed by atoms with E-state index in [9.17, 15) is 14.7 Å². The molecule has 2 N–H and O–H groups in total. The Morgan fingerprint density at radius 1 is 1.09 bits per heavy atom. The van der Waals surface area contributed by atoms with Gasteiger partial charge in [0.2, 0.25) is 0 Å².